The molecule has 0 saturated carbocycles. The van der Waals surface area contributed by atoms with Crippen LogP contribution in [-0.2, 0) is 12.8 Å². The van der Waals surface area contributed by atoms with Crippen LogP contribution in [-0.4, -0.2) is 21.4 Å². The Labute approximate surface area is 171 Å². The smallest absolute Gasteiger partial charge is 0.279 e. The second-order valence-electron chi connectivity index (χ2n) is 6.56. The number of benzene rings is 3. The van der Waals surface area contributed by atoms with Crippen LogP contribution >= 0.6 is 0 Å². The molecule has 0 bridgehead atoms. The van der Waals surface area contributed by atoms with Gasteiger partial charge in [-0.05, 0) is 6.07 Å². The fraction of sp³-hybridized carbons (Fsp3) is 0.0909. The minimum atomic E-state index is -0.761. The van der Waals surface area contributed by atoms with E-state index in [1.54, 1.807) is 60.7 Å². The van der Waals surface area contributed by atoms with Gasteiger partial charge in [0.2, 0.25) is 0 Å². The van der Waals surface area contributed by atoms with Crippen LogP contribution in [0.5, 0.6) is 0 Å². The lowest BCUT2D eigenvalue weighted by molar-refractivity contribution is -0.394. The molecule has 0 heterocycles. The van der Waals surface area contributed by atoms with Crippen LogP contribution in [0.15, 0.2) is 72.8 Å². The molecule has 8 nitrogen and oxygen atoms in total. The Morgan fingerprint density at radius 2 is 1.00 bits per heavy atom. The topological polar surface area (TPSA) is 120 Å². The largest absolute Gasteiger partial charge is 0.294 e. The van der Waals surface area contributed by atoms with Crippen molar-refractivity contribution >= 4 is 22.9 Å². The van der Waals surface area contributed by atoms with E-state index >= 15 is 0 Å². The first-order valence-electron chi connectivity index (χ1n) is 8.98. The van der Waals surface area contributed by atoms with Crippen LogP contribution in [0.25, 0.3) is 0 Å². The monoisotopic (exact) mass is 404 g/mol. The maximum Gasteiger partial charge on any atom is 0.279 e. The Bertz CT molecular complexity index is 1040. The van der Waals surface area contributed by atoms with Crippen molar-refractivity contribution in [2.24, 2.45) is 0 Å². The predicted molar refractivity (Wildman–Crippen MR) is 109 cm³/mol. The molecule has 150 valence electrons. The number of nitrogens with zero attached hydrogens (tertiary/aromatic N) is 2. The van der Waals surface area contributed by atoms with Crippen molar-refractivity contribution in [2.75, 3.05) is 0 Å². The highest BCUT2D eigenvalue weighted by Crippen LogP contribution is 2.31. The summed E-state index contributed by atoms with van der Waals surface area (Å²) in [5.41, 5.74) is -0.270. The van der Waals surface area contributed by atoms with Crippen LogP contribution in [0.2, 0.25) is 0 Å². The van der Waals surface area contributed by atoms with Crippen LogP contribution in [0.3, 0.4) is 0 Å². The summed E-state index contributed by atoms with van der Waals surface area (Å²) in [6, 6.07) is 18.5. The molecule has 0 aliphatic carbocycles. The summed E-state index contributed by atoms with van der Waals surface area (Å²) < 4.78 is 0. The molecule has 0 unspecified atom stereocenters. The van der Waals surface area contributed by atoms with Gasteiger partial charge in [0.1, 0.15) is 0 Å². The average molecular weight is 404 g/mol. The Hall–Kier alpha value is -4.20. The van der Waals surface area contributed by atoms with E-state index in [-0.39, 0.29) is 35.5 Å². The first-order valence-corrected chi connectivity index (χ1v) is 8.98. The van der Waals surface area contributed by atoms with Crippen molar-refractivity contribution in [3.63, 3.8) is 0 Å². The van der Waals surface area contributed by atoms with Gasteiger partial charge in [-0.25, -0.2) is 0 Å². The van der Waals surface area contributed by atoms with Crippen molar-refractivity contribution in [1.29, 1.82) is 0 Å². The number of rotatable bonds is 8. The van der Waals surface area contributed by atoms with Gasteiger partial charge in [0.15, 0.2) is 11.6 Å². The van der Waals surface area contributed by atoms with Gasteiger partial charge in [0.25, 0.3) is 11.4 Å². The first kappa shape index (κ1) is 20.5. The van der Waals surface area contributed by atoms with E-state index in [2.05, 4.69) is 0 Å². The molecule has 0 saturated heterocycles. The molecule has 0 aliphatic heterocycles. The lowest BCUT2D eigenvalue weighted by Crippen LogP contribution is -2.10. The molecule has 0 radical (unpaired) electrons. The van der Waals surface area contributed by atoms with Crippen LogP contribution in [0, 0.1) is 20.2 Å². The van der Waals surface area contributed by atoms with E-state index < -0.39 is 21.2 Å². The normalized spacial score (nSPS) is 10.4. The quantitative estimate of drug-likeness (QED) is 0.313. The first-order chi connectivity index (χ1) is 14.4. The van der Waals surface area contributed by atoms with Gasteiger partial charge >= 0.3 is 0 Å². The third kappa shape index (κ3) is 4.61. The maximum atomic E-state index is 12.5. The van der Waals surface area contributed by atoms with E-state index in [9.17, 15) is 29.8 Å². The predicted octanol–water partition coefficient (Wildman–Crippen LogP) is 4.35. The fourth-order valence-corrected chi connectivity index (χ4v) is 3.09. The number of nitro groups is 2. The van der Waals surface area contributed by atoms with Gasteiger partial charge in [-0.2, -0.15) is 0 Å². The standard InChI is InChI=1S/C22H16N2O6/c25-21(15-7-3-1-4-8-15)12-17-11-18(13-22(26)16-9-5-2-6-10-16)20(24(29)30)14-19(17)23(27)28/h1-11,14H,12-13H2. The lowest BCUT2D eigenvalue weighted by Gasteiger charge is -2.08. The summed E-state index contributed by atoms with van der Waals surface area (Å²) in [4.78, 5) is 46.5. The Balaban J connectivity index is 2.02. The Kier molecular flexibility index (Phi) is 6.07. The van der Waals surface area contributed by atoms with E-state index in [0.29, 0.717) is 11.1 Å². The summed E-state index contributed by atoms with van der Waals surface area (Å²) in [5, 5.41) is 22.9. The molecular formula is C22H16N2O6. The second-order valence-corrected chi connectivity index (χ2v) is 6.56. The van der Waals surface area contributed by atoms with Gasteiger partial charge in [-0.1, -0.05) is 60.7 Å². The summed E-state index contributed by atoms with van der Waals surface area (Å²) in [7, 11) is 0. The second kappa shape index (κ2) is 8.87. The van der Waals surface area contributed by atoms with Gasteiger partial charge < -0.3 is 0 Å². The van der Waals surface area contributed by atoms with Crippen LogP contribution in [0.1, 0.15) is 31.8 Å². The molecule has 0 N–H and O–H groups in total. The van der Waals surface area contributed by atoms with Gasteiger partial charge in [-0.15, -0.1) is 0 Å². The molecule has 0 atom stereocenters. The van der Waals surface area contributed by atoms with E-state index in [1.165, 1.54) is 6.07 Å². The van der Waals surface area contributed by atoms with Crippen molar-refractivity contribution in [3.8, 4) is 0 Å². The molecule has 0 aromatic heterocycles. The highest BCUT2D eigenvalue weighted by atomic mass is 16.6. The number of hydrogen-bond acceptors (Lipinski definition) is 6. The average Bonchev–Trinajstić information content (AvgIpc) is 2.74. The molecule has 3 aromatic rings. The molecular weight excluding hydrogens is 388 g/mol. The molecule has 30 heavy (non-hydrogen) atoms. The van der Waals surface area contributed by atoms with Crippen molar-refractivity contribution in [3.05, 3.63) is 115 Å². The Morgan fingerprint density at radius 1 is 0.633 bits per heavy atom. The minimum absolute atomic E-state index is 0.0234. The van der Waals surface area contributed by atoms with Crippen molar-refractivity contribution in [2.45, 2.75) is 12.8 Å². The fourth-order valence-electron chi connectivity index (χ4n) is 3.09. The van der Waals surface area contributed by atoms with Crippen LogP contribution in [0.4, 0.5) is 11.4 Å². The van der Waals surface area contributed by atoms with Crippen molar-refractivity contribution < 1.29 is 19.4 Å². The van der Waals surface area contributed by atoms with E-state index in [4.69, 9.17) is 0 Å². The molecule has 0 spiro atoms. The molecule has 3 rings (SSSR count). The summed E-state index contributed by atoms with van der Waals surface area (Å²) in [6.07, 6.45) is -0.629. The number of ketones is 2. The lowest BCUT2D eigenvalue weighted by atomic mass is 9.95. The SMILES string of the molecule is O=C(Cc1cc(CC(=O)c2ccccc2)c([N+](=O)[O-])cc1[N+](=O)[O-])c1ccccc1. The number of hydrogen-bond donors (Lipinski definition) is 0. The van der Waals surface area contributed by atoms with Gasteiger partial charge in [0, 0.05) is 35.1 Å². The molecule has 3 aromatic carbocycles. The zero-order valence-electron chi connectivity index (χ0n) is 15.7. The molecule has 0 amide bonds. The van der Waals surface area contributed by atoms with Gasteiger partial charge in [-0.3, -0.25) is 29.8 Å². The number of Topliss-reactive ketones (excluding diaryl/α,β-unsaturated/α-hetero) is 2. The zero-order valence-corrected chi connectivity index (χ0v) is 15.7. The highest BCUT2D eigenvalue weighted by Gasteiger charge is 2.27. The summed E-state index contributed by atoms with van der Waals surface area (Å²) >= 11 is 0. The Morgan fingerprint density at radius 3 is 1.33 bits per heavy atom. The summed E-state index contributed by atoms with van der Waals surface area (Å²) in [5.74, 6) is -0.735. The molecule has 0 aliphatic rings. The van der Waals surface area contributed by atoms with E-state index in [1.807, 2.05) is 0 Å². The van der Waals surface area contributed by atoms with Crippen LogP contribution < -0.4 is 0 Å². The van der Waals surface area contributed by atoms with Crippen molar-refractivity contribution in [1.82, 2.24) is 0 Å². The third-order valence-electron chi connectivity index (χ3n) is 4.57. The van der Waals surface area contributed by atoms with E-state index in [0.717, 1.165) is 6.07 Å². The zero-order chi connectivity index (χ0) is 21.7. The summed E-state index contributed by atoms with van der Waals surface area (Å²) in [6.45, 7) is 0. The molecule has 8 heteroatoms. The third-order valence-corrected chi connectivity index (χ3v) is 4.57. The molecule has 0 fully saturated rings. The number of nitro benzene ring substituents is 2. The highest BCUT2D eigenvalue weighted by molar-refractivity contribution is 5.99. The maximum absolute atomic E-state index is 12.5. The number of carbonyl (C=O) groups excluding carboxylic acids is 2. The minimum Gasteiger partial charge on any atom is -0.294 e. The number of carbonyl (C=O) groups is 2. The van der Waals surface area contributed by atoms with Gasteiger partial charge in [0.05, 0.1) is 15.9 Å².